The number of fused-ring (bicyclic) bond motifs is 1. The number of carbonyl (C=O) groups is 1. The van der Waals surface area contributed by atoms with E-state index in [0.29, 0.717) is 18.0 Å². The third-order valence-corrected chi connectivity index (χ3v) is 6.21. The smallest absolute Gasteiger partial charge is 0.322 e. The van der Waals surface area contributed by atoms with Gasteiger partial charge in [0.1, 0.15) is 5.75 Å². The quantitative estimate of drug-likeness (QED) is 0.629. The van der Waals surface area contributed by atoms with Crippen molar-refractivity contribution < 1.29 is 19.0 Å². The fraction of sp³-hybridized carbons (Fsp3) is 0.261. The Balaban J connectivity index is 1.68. The Morgan fingerprint density at radius 1 is 1.03 bits per heavy atom. The van der Waals surface area contributed by atoms with E-state index in [1.165, 1.54) is 5.56 Å². The van der Waals surface area contributed by atoms with E-state index in [0.717, 1.165) is 28.3 Å². The van der Waals surface area contributed by atoms with Crippen molar-refractivity contribution >= 4 is 23.1 Å². The number of nitrogens with one attached hydrogen (secondary N) is 1. The summed E-state index contributed by atoms with van der Waals surface area (Å²) in [5.74, 6) is 2.12. The summed E-state index contributed by atoms with van der Waals surface area (Å²) in [6.45, 7) is 0.604. The summed E-state index contributed by atoms with van der Waals surface area (Å²) in [5, 5.41) is 5.05. The molecule has 0 fully saturated rings. The molecular formula is C23H24N2O4S. The number of anilines is 1. The number of thiophene rings is 1. The Morgan fingerprint density at radius 2 is 1.77 bits per heavy atom. The van der Waals surface area contributed by atoms with E-state index >= 15 is 0 Å². The van der Waals surface area contributed by atoms with Crippen molar-refractivity contribution in [2.24, 2.45) is 0 Å². The highest BCUT2D eigenvalue weighted by molar-refractivity contribution is 7.10. The zero-order valence-electron chi connectivity index (χ0n) is 17.2. The largest absolute Gasteiger partial charge is 0.497 e. The molecule has 6 nitrogen and oxygen atoms in total. The summed E-state index contributed by atoms with van der Waals surface area (Å²) in [6.07, 6.45) is 0.744. The molecule has 1 aromatic heterocycles. The van der Waals surface area contributed by atoms with Crippen LogP contribution in [-0.2, 0) is 6.42 Å². The molecule has 0 saturated heterocycles. The Kier molecular flexibility index (Phi) is 5.81. The molecule has 0 spiro atoms. The molecule has 0 saturated carbocycles. The first-order valence-corrected chi connectivity index (χ1v) is 10.5. The van der Waals surface area contributed by atoms with Crippen LogP contribution in [0.5, 0.6) is 17.2 Å². The monoisotopic (exact) mass is 424 g/mol. The zero-order valence-corrected chi connectivity index (χ0v) is 18.0. The highest BCUT2D eigenvalue weighted by atomic mass is 32.1. The first-order chi connectivity index (χ1) is 14.6. The number of hydrogen-bond donors (Lipinski definition) is 1. The highest BCUT2D eigenvalue weighted by Crippen LogP contribution is 2.42. The first-order valence-electron chi connectivity index (χ1n) is 9.64. The van der Waals surface area contributed by atoms with Crippen LogP contribution < -0.4 is 19.5 Å². The summed E-state index contributed by atoms with van der Waals surface area (Å²) < 4.78 is 16.2. The van der Waals surface area contributed by atoms with Crippen LogP contribution in [0.4, 0.5) is 10.5 Å². The average Bonchev–Trinajstić information content (AvgIpc) is 3.32. The van der Waals surface area contributed by atoms with Gasteiger partial charge in [0.25, 0.3) is 0 Å². The average molecular weight is 425 g/mol. The van der Waals surface area contributed by atoms with Gasteiger partial charge in [-0.2, -0.15) is 0 Å². The van der Waals surface area contributed by atoms with Gasteiger partial charge >= 0.3 is 6.03 Å². The maximum Gasteiger partial charge on any atom is 0.322 e. The molecule has 4 rings (SSSR count). The van der Waals surface area contributed by atoms with E-state index in [-0.39, 0.29) is 12.1 Å². The summed E-state index contributed by atoms with van der Waals surface area (Å²) in [5.41, 5.74) is 2.95. The van der Waals surface area contributed by atoms with E-state index in [2.05, 4.69) is 11.4 Å². The number of hydrogen-bond acceptors (Lipinski definition) is 5. The van der Waals surface area contributed by atoms with Gasteiger partial charge in [0.15, 0.2) is 11.5 Å². The molecule has 2 aromatic carbocycles. The Hall–Kier alpha value is -3.19. The minimum absolute atomic E-state index is 0.140. The molecule has 1 aliphatic rings. The molecule has 7 heteroatoms. The number of amides is 2. The lowest BCUT2D eigenvalue weighted by Crippen LogP contribution is -2.42. The molecule has 156 valence electrons. The minimum atomic E-state index is -0.188. The molecule has 0 aliphatic carbocycles. The van der Waals surface area contributed by atoms with E-state index in [1.807, 2.05) is 52.7 Å². The maximum atomic E-state index is 13.2. The van der Waals surface area contributed by atoms with Crippen molar-refractivity contribution in [1.29, 1.82) is 0 Å². The third-order valence-electron chi connectivity index (χ3n) is 5.29. The van der Waals surface area contributed by atoms with Gasteiger partial charge in [-0.1, -0.05) is 6.07 Å². The van der Waals surface area contributed by atoms with E-state index in [9.17, 15) is 4.79 Å². The van der Waals surface area contributed by atoms with Crippen LogP contribution in [-0.4, -0.2) is 38.8 Å². The number of rotatable bonds is 5. The van der Waals surface area contributed by atoms with Crippen molar-refractivity contribution in [2.75, 3.05) is 33.2 Å². The number of methoxy groups -OCH3 is 3. The van der Waals surface area contributed by atoms with Crippen molar-refractivity contribution in [1.82, 2.24) is 4.90 Å². The van der Waals surface area contributed by atoms with Crippen LogP contribution in [0.1, 0.15) is 22.0 Å². The predicted octanol–water partition coefficient (Wildman–Crippen LogP) is 4.95. The van der Waals surface area contributed by atoms with Gasteiger partial charge in [-0.3, -0.25) is 0 Å². The van der Waals surface area contributed by atoms with E-state index in [4.69, 9.17) is 14.2 Å². The molecular weight excluding hydrogens is 400 g/mol. The summed E-state index contributed by atoms with van der Waals surface area (Å²) in [6, 6.07) is 15.1. The molecule has 30 heavy (non-hydrogen) atoms. The van der Waals surface area contributed by atoms with Crippen LogP contribution in [0, 0.1) is 0 Å². The second-order valence-corrected chi connectivity index (χ2v) is 7.91. The number of ether oxygens (including phenoxy) is 3. The van der Waals surface area contributed by atoms with Gasteiger partial charge in [0.05, 0.1) is 27.4 Å². The Bertz CT molecular complexity index is 1020. The Morgan fingerprint density at radius 3 is 2.40 bits per heavy atom. The molecule has 0 radical (unpaired) electrons. The fourth-order valence-corrected chi connectivity index (χ4v) is 4.64. The number of carbonyl (C=O) groups excluding carboxylic acids is 1. The summed E-state index contributed by atoms with van der Waals surface area (Å²) >= 11 is 1.64. The van der Waals surface area contributed by atoms with E-state index in [1.54, 1.807) is 32.7 Å². The first kappa shape index (κ1) is 20.1. The van der Waals surface area contributed by atoms with Gasteiger partial charge in [0, 0.05) is 17.1 Å². The lowest BCUT2D eigenvalue weighted by Gasteiger charge is -2.37. The topological polar surface area (TPSA) is 60.0 Å². The van der Waals surface area contributed by atoms with Crippen LogP contribution in [0.15, 0.2) is 53.9 Å². The zero-order chi connectivity index (χ0) is 21.1. The van der Waals surface area contributed by atoms with Gasteiger partial charge in [-0.05, 0) is 65.4 Å². The second kappa shape index (κ2) is 8.67. The van der Waals surface area contributed by atoms with Gasteiger partial charge in [-0.15, -0.1) is 11.3 Å². The molecule has 3 aromatic rings. The van der Waals surface area contributed by atoms with Crippen LogP contribution >= 0.6 is 11.3 Å². The van der Waals surface area contributed by atoms with Crippen molar-refractivity contribution in [3.05, 3.63) is 69.9 Å². The highest BCUT2D eigenvalue weighted by Gasteiger charge is 2.34. The second-order valence-electron chi connectivity index (χ2n) is 6.93. The Labute approximate surface area is 180 Å². The molecule has 1 N–H and O–H groups in total. The van der Waals surface area contributed by atoms with E-state index < -0.39 is 0 Å². The third kappa shape index (κ3) is 3.80. The molecule has 2 amide bonds. The van der Waals surface area contributed by atoms with Gasteiger partial charge < -0.3 is 24.4 Å². The molecule has 0 unspecified atom stereocenters. The summed E-state index contributed by atoms with van der Waals surface area (Å²) in [7, 11) is 4.88. The fourth-order valence-electron chi connectivity index (χ4n) is 3.79. The van der Waals surface area contributed by atoms with Crippen molar-refractivity contribution in [2.45, 2.75) is 12.5 Å². The number of nitrogens with zero attached hydrogens (tertiary/aromatic N) is 1. The molecule has 2 heterocycles. The lowest BCUT2D eigenvalue weighted by atomic mass is 9.91. The van der Waals surface area contributed by atoms with Gasteiger partial charge in [0.2, 0.25) is 0 Å². The van der Waals surface area contributed by atoms with Crippen molar-refractivity contribution in [3.8, 4) is 17.2 Å². The number of urea groups is 1. The van der Waals surface area contributed by atoms with Crippen molar-refractivity contribution in [3.63, 3.8) is 0 Å². The molecule has 0 bridgehead atoms. The molecule has 1 aliphatic heterocycles. The standard InChI is InChI=1S/C23H24N2O4S/c1-27-17-8-6-16(7-9-17)24-23(26)25-11-10-15-13-19(28-2)20(29-3)14-18(15)22(25)21-5-4-12-30-21/h4-9,12-14,22H,10-11H2,1-3H3,(H,24,26)/t22-/m1/s1. The SMILES string of the molecule is COc1ccc(NC(=O)N2CCc3cc(OC)c(OC)cc3[C@@H]2c2cccs2)cc1. The number of benzene rings is 2. The minimum Gasteiger partial charge on any atom is -0.497 e. The maximum absolute atomic E-state index is 13.2. The van der Waals surface area contributed by atoms with Crippen LogP contribution in [0.2, 0.25) is 0 Å². The normalized spacial score (nSPS) is 15.3. The molecule has 1 atom stereocenters. The summed E-state index contributed by atoms with van der Waals surface area (Å²) in [4.78, 5) is 16.2. The van der Waals surface area contributed by atoms with Crippen LogP contribution in [0.25, 0.3) is 0 Å². The van der Waals surface area contributed by atoms with Gasteiger partial charge in [-0.25, -0.2) is 4.79 Å². The predicted molar refractivity (Wildman–Crippen MR) is 118 cm³/mol. The lowest BCUT2D eigenvalue weighted by molar-refractivity contribution is 0.194. The van der Waals surface area contributed by atoms with Crippen LogP contribution in [0.3, 0.4) is 0 Å².